The second-order valence-corrected chi connectivity index (χ2v) is 9.46. The van der Waals surface area contributed by atoms with Gasteiger partial charge in [-0.1, -0.05) is 33.3 Å². The summed E-state index contributed by atoms with van der Waals surface area (Å²) in [4.78, 5) is 0. The zero-order valence-electron chi connectivity index (χ0n) is 14.8. The van der Waals surface area contributed by atoms with Crippen LogP contribution in [0.3, 0.4) is 0 Å². The molecule has 3 aliphatic rings. The highest BCUT2D eigenvalue weighted by molar-refractivity contribution is 5.12. The van der Waals surface area contributed by atoms with Gasteiger partial charge in [-0.3, -0.25) is 0 Å². The third-order valence-corrected chi connectivity index (χ3v) is 7.57. The van der Waals surface area contributed by atoms with E-state index in [4.69, 9.17) is 4.74 Å². The summed E-state index contributed by atoms with van der Waals surface area (Å²) in [5.41, 5.74) is 0.920. The Labute approximate surface area is 131 Å². The Hall–Kier alpha value is -0.300. The van der Waals surface area contributed by atoms with E-state index < -0.39 is 0 Å². The first kappa shape index (κ1) is 15.6. The van der Waals surface area contributed by atoms with Gasteiger partial charge in [0.15, 0.2) is 0 Å². The van der Waals surface area contributed by atoms with Gasteiger partial charge in [0.2, 0.25) is 0 Å². The van der Waals surface area contributed by atoms with Crippen LogP contribution in [0.15, 0.2) is 12.7 Å². The van der Waals surface area contributed by atoms with Gasteiger partial charge in [0, 0.05) is 0 Å². The van der Waals surface area contributed by atoms with Crippen LogP contribution in [-0.2, 0) is 4.74 Å². The Morgan fingerprint density at radius 2 is 1.57 bits per heavy atom. The van der Waals surface area contributed by atoms with Crippen LogP contribution in [0, 0.1) is 22.7 Å². The van der Waals surface area contributed by atoms with E-state index in [1.807, 2.05) is 6.08 Å². The van der Waals surface area contributed by atoms with Crippen LogP contribution in [0.2, 0.25) is 0 Å². The maximum absolute atomic E-state index is 6.68. The predicted molar refractivity (Wildman–Crippen MR) is 89.3 cm³/mol. The lowest BCUT2D eigenvalue weighted by molar-refractivity contribution is -0.252. The number of ether oxygens (including phenoxy) is 1. The molecule has 1 saturated heterocycles. The van der Waals surface area contributed by atoms with Crippen molar-refractivity contribution in [2.24, 2.45) is 22.7 Å². The van der Waals surface area contributed by atoms with Gasteiger partial charge in [0.1, 0.15) is 0 Å². The van der Waals surface area contributed by atoms with Crippen molar-refractivity contribution in [3.63, 3.8) is 0 Å². The lowest BCUT2D eigenvalue weighted by Crippen LogP contribution is -2.62. The summed E-state index contributed by atoms with van der Waals surface area (Å²) in [5, 5.41) is 0. The Morgan fingerprint density at radius 1 is 0.905 bits per heavy atom. The lowest BCUT2D eigenvalue weighted by atomic mass is 9.44. The first-order chi connectivity index (χ1) is 9.65. The number of rotatable bonds is 1. The first-order valence-corrected chi connectivity index (χ1v) is 8.99. The quantitative estimate of drug-likeness (QED) is 0.559. The van der Waals surface area contributed by atoms with Gasteiger partial charge in [-0.2, -0.15) is 0 Å². The molecule has 0 N–H and O–H groups in total. The van der Waals surface area contributed by atoms with Crippen LogP contribution in [0.1, 0.15) is 79.6 Å². The molecule has 0 aromatic carbocycles. The fraction of sp³-hybridized carbons (Fsp3) is 0.900. The molecule has 120 valence electrons. The smallest absolute Gasteiger partial charge is 0.0839 e. The molecule has 0 unspecified atom stereocenters. The Kier molecular flexibility index (Phi) is 3.41. The van der Waals surface area contributed by atoms with E-state index in [0.717, 1.165) is 18.3 Å². The molecule has 1 heterocycles. The number of fused-ring (bicyclic) bond motifs is 3. The van der Waals surface area contributed by atoms with Crippen LogP contribution in [0.5, 0.6) is 0 Å². The summed E-state index contributed by atoms with van der Waals surface area (Å²) in [7, 11) is 0. The third kappa shape index (κ3) is 2.22. The van der Waals surface area contributed by atoms with E-state index in [1.165, 1.54) is 38.5 Å². The van der Waals surface area contributed by atoms with E-state index in [9.17, 15) is 0 Å². The van der Waals surface area contributed by atoms with Crippen molar-refractivity contribution >= 4 is 0 Å². The molecule has 0 amide bonds. The highest BCUT2D eigenvalue weighted by Gasteiger charge is 2.61. The molecular weight excluding hydrogens is 256 g/mol. The van der Waals surface area contributed by atoms with Crippen LogP contribution < -0.4 is 0 Å². The zero-order valence-corrected chi connectivity index (χ0v) is 14.8. The van der Waals surface area contributed by atoms with E-state index >= 15 is 0 Å². The fourth-order valence-corrected chi connectivity index (χ4v) is 6.52. The van der Waals surface area contributed by atoms with E-state index in [1.54, 1.807) is 0 Å². The van der Waals surface area contributed by atoms with Gasteiger partial charge >= 0.3 is 0 Å². The molecule has 2 aliphatic carbocycles. The molecule has 1 nitrogen and oxygen atoms in total. The minimum Gasteiger partial charge on any atom is -0.365 e. The molecule has 0 spiro atoms. The van der Waals surface area contributed by atoms with E-state index in [0.29, 0.717) is 10.8 Å². The van der Waals surface area contributed by atoms with Crippen molar-refractivity contribution < 1.29 is 4.74 Å². The highest BCUT2D eigenvalue weighted by Crippen LogP contribution is 2.65. The van der Waals surface area contributed by atoms with Crippen molar-refractivity contribution in [2.75, 3.05) is 0 Å². The van der Waals surface area contributed by atoms with E-state index in [-0.39, 0.29) is 11.2 Å². The van der Waals surface area contributed by atoms with Crippen LogP contribution in [0.4, 0.5) is 0 Å². The molecule has 1 heteroatoms. The van der Waals surface area contributed by atoms with Crippen molar-refractivity contribution in [1.29, 1.82) is 0 Å². The Balaban J connectivity index is 1.94. The van der Waals surface area contributed by atoms with Crippen molar-refractivity contribution in [3.8, 4) is 0 Å². The fourth-order valence-electron chi connectivity index (χ4n) is 6.52. The SMILES string of the molecule is C=C[C@]1(C)CC[C@H]2[C@@]3(C)CCCC(C)(C)[C@@H]3CC[C@@]2(C)O1. The lowest BCUT2D eigenvalue weighted by Gasteiger charge is -2.65. The summed E-state index contributed by atoms with van der Waals surface area (Å²) in [6.45, 7) is 16.2. The summed E-state index contributed by atoms with van der Waals surface area (Å²) in [5.74, 6) is 1.59. The molecule has 5 atom stereocenters. The van der Waals surface area contributed by atoms with Crippen molar-refractivity contribution in [1.82, 2.24) is 0 Å². The van der Waals surface area contributed by atoms with Gasteiger partial charge in [0.25, 0.3) is 0 Å². The predicted octanol–water partition coefficient (Wildman–Crippen LogP) is 5.74. The van der Waals surface area contributed by atoms with Crippen LogP contribution in [-0.4, -0.2) is 11.2 Å². The topological polar surface area (TPSA) is 9.23 Å². The largest absolute Gasteiger partial charge is 0.365 e. The molecule has 1 aliphatic heterocycles. The van der Waals surface area contributed by atoms with Crippen LogP contribution in [0.25, 0.3) is 0 Å². The van der Waals surface area contributed by atoms with Gasteiger partial charge in [-0.15, -0.1) is 6.58 Å². The van der Waals surface area contributed by atoms with Gasteiger partial charge in [-0.25, -0.2) is 0 Å². The average molecular weight is 290 g/mol. The second kappa shape index (κ2) is 4.60. The van der Waals surface area contributed by atoms with Gasteiger partial charge in [-0.05, 0) is 75.0 Å². The van der Waals surface area contributed by atoms with Gasteiger partial charge < -0.3 is 4.74 Å². The first-order valence-electron chi connectivity index (χ1n) is 8.99. The van der Waals surface area contributed by atoms with Crippen molar-refractivity contribution in [2.45, 2.75) is 90.8 Å². The molecule has 0 radical (unpaired) electrons. The molecule has 0 aromatic heterocycles. The molecule has 2 saturated carbocycles. The molecule has 3 fully saturated rings. The summed E-state index contributed by atoms with van der Waals surface area (Å²) < 4.78 is 6.68. The standard InChI is InChI=1S/C20H34O/c1-7-18(4)13-9-16-19(5)12-8-11-17(2,3)15(19)10-14-20(16,6)21-18/h7,15-16H,1,8-14H2,2-6H3/t15-,16-,18+,19-,20+/m0/s1. The summed E-state index contributed by atoms with van der Waals surface area (Å²) in [6, 6.07) is 0. The number of hydrogen-bond donors (Lipinski definition) is 0. The Morgan fingerprint density at radius 3 is 2.24 bits per heavy atom. The molecule has 0 aromatic rings. The Bertz CT molecular complexity index is 439. The normalized spacial score (nSPS) is 52.6. The second-order valence-electron chi connectivity index (χ2n) is 9.46. The van der Waals surface area contributed by atoms with Gasteiger partial charge in [0.05, 0.1) is 11.2 Å². The minimum atomic E-state index is -0.112. The molecular formula is C20H34O. The average Bonchev–Trinajstić information content (AvgIpc) is 2.36. The monoisotopic (exact) mass is 290 g/mol. The molecule has 21 heavy (non-hydrogen) atoms. The highest BCUT2D eigenvalue weighted by atomic mass is 16.5. The maximum Gasteiger partial charge on any atom is 0.0839 e. The summed E-state index contributed by atoms with van der Waals surface area (Å²) in [6.07, 6.45) is 11.2. The number of hydrogen-bond acceptors (Lipinski definition) is 1. The van der Waals surface area contributed by atoms with E-state index in [2.05, 4.69) is 41.2 Å². The molecule has 0 bridgehead atoms. The third-order valence-electron chi connectivity index (χ3n) is 7.57. The van der Waals surface area contributed by atoms with Crippen LogP contribution >= 0.6 is 0 Å². The summed E-state index contributed by atoms with van der Waals surface area (Å²) >= 11 is 0. The van der Waals surface area contributed by atoms with Crippen molar-refractivity contribution in [3.05, 3.63) is 12.7 Å². The molecule has 3 rings (SSSR count). The zero-order chi connectivity index (χ0) is 15.5. The minimum absolute atomic E-state index is 0.0554. The maximum atomic E-state index is 6.68.